The number of rotatable bonds is 5. The van der Waals surface area contributed by atoms with E-state index in [1.54, 1.807) is 17.9 Å². The number of aliphatic imine (C=N–C) groups is 1. The van der Waals surface area contributed by atoms with Crippen LogP contribution in [0.5, 0.6) is 0 Å². The molecule has 0 aliphatic carbocycles. The number of aryl methyl sites for hydroxylation is 2. The van der Waals surface area contributed by atoms with Crippen LogP contribution in [0.2, 0.25) is 0 Å². The molecule has 0 radical (unpaired) electrons. The lowest BCUT2D eigenvalue weighted by Gasteiger charge is -2.24. The molecule has 25 heavy (non-hydrogen) atoms. The van der Waals surface area contributed by atoms with Crippen molar-refractivity contribution in [1.82, 2.24) is 23.6 Å². The lowest BCUT2D eigenvalue weighted by atomic mass is 10.4. The zero-order valence-electron chi connectivity index (χ0n) is 14.4. The second-order valence-electron chi connectivity index (χ2n) is 5.84. The maximum Gasteiger partial charge on any atom is 0.332 e. The monoisotopic (exact) mass is 370 g/mol. The highest BCUT2D eigenvalue weighted by atomic mass is 35.5. The second-order valence-corrected chi connectivity index (χ2v) is 5.84. The summed E-state index contributed by atoms with van der Waals surface area (Å²) in [6.45, 7) is 4.54. The number of hydrogen-bond donors (Lipinski definition) is 0. The van der Waals surface area contributed by atoms with Crippen LogP contribution in [0.4, 0.5) is 0 Å². The summed E-state index contributed by atoms with van der Waals surface area (Å²) in [4.78, 5) is 35.0. The van der Waals surface area contributed by atoms with Gasteiger partial charge in [0.05, 0.1) is 25.9 Å². The molecule has 0 unspecified atom stereocenters. The van der Waals surface area contributed by atoms with Gasteiger partial charge in [-0.05, 0) is 6.42 Å². The van der Waals surface area contributed by atoms with Crippen molar-refractivity contribution in [3.63, 3.8) is 0 Å². The van der Waals surface area contributed by atoms with Crippen molar-refractivity contribution in [3.8, 4) is 0 Å². The Morgan fingerprint density at radius 1 is 1.24 bits per heavy atom. The van der Waals surface area contributed by atoms with Gasteiger partial charge in [-0.25, -0.2) is 9.78 Å². The van der Waals surface area contributed by atoms with E-state index < -0.39 is 0 Å². The first-order chi connectivity index (χ1) is 11.6. The minimum absolute atomic E-state index is 0. The highest BCUT2D eigenvalue weighted by Gasteiger charge is 2.13. The third-order valence-electron chi connectivity index (χ3n) is 4.19. The number of fused-ring (bicyclic) bond motifs is 1. The standard InChI is InChI=1S/C15H22N6O3.ClH/c1-18-13-12(14(22)19(2)15(18)23)21(11-17-13)5-3-4-16-10-20-6-8-24-9-7-20;/h10-11H,3-9H2,1-2H3;1H. The van der Waals surface area contributed by atoms with Crippen LogP contribution in [0.3, 0.4) is 0 Å². The molecule has 10 heteroatoms. The van der Waals surface area contributed by atoms with Crippen molar-refractivity contribution in [2.24, 2.45) is 19.1 Å². The van der Waals surface area contributed by atoms with E-state index in [9.17, 15) is 9.59 Å². The van der Waals surface area contributed by atoms with Crippen LogP contribution in [0.1, 0.15) is 6.42 Å². The molecule has 1 aliphatic rings. The van der Waals surface area contributed by atoms with Gasteiger partial charge in [-0.15, -0.1) is 12.4 Å². The SMILES string of the molecule is Cl.Cn1c(=O)c2c(ncn2CCCN=CN2CCOCC2)n(C)c1=O. The molecule has 1 saturated heterocycles. The predicted octanol–water partition coefficient (Wildman–Crippen LogP) is -0.394. The number of ether oxygens (including phenoxy) is 1. The summed E-state index contributed by atoms with van der Waals surface area (Å²) in [5.74, 6) is 0. The number of halogens is 1. The highest BCUT2D eigenvalue weighted by molar-refractivity contribution is 5.85. The van der Waals surface area contributed by atoms with Crippen LogP contribution in [0.15, 0.2) is 20.9 Å². The Labute approximate surface area is 150 Å². The van der Waals surface area contributed by atoms with Gasteiger partial charge in [0.2, 0.25) is 0 Å². The van der Waals surface area contributed by atoms with Gasteiger partial charge < -0.3 is 14.2 Å². The molecule has 138 valence electrons. The zero-order chi connectivity index (χ0) is 17.1. The average Bonchev–Trinajstić information content (AvgIpc) is 3.03. The Kier molecular flexibility index (Phi) is 6.38. The van der Waals surface area contributed by atoms with Crippen molar-refractivity contribution in [2.75, 3.05) is 32.8 Å². The van der Waals surface area contributed by atoms with Gasteiger partial charge in [0.1, 0.15) is 0 Å². The summed E-state index contributed by atoms with van der Waals surface area (Å²) < 4.78 is 9.58. The quantitative estimate of drug-likeness (QED) is 0.406. The molecule has 0 bridgehead atoms. The van der Waals surface area contributed by atoms with E-state index >= 15 is 0 Å². The first kappa shape index (κ1) is 19.2. The Morgan fingerprint density at radius 2 is 1.96 bits per heavy atom. The molecule has 1 fully saturated rings. The molecule has 2 aromatic rings. The Bertz CT molecular complexity index is 862. The largest absolute Gasteiger partial charge is 0.378 e. The molecule has 3 heterocycles. The minimum Gasteiger partial charge on any atom is -0.378 e. The van der Waals surface area contributed by atoms with Gasteiger partial charge in [0.25, 0.3) is 5.56 Å². The number of imidazole rings is 1. The van der Waals surface area contributed by atoms with Crippen LogP contribution in [0.25, 0.3) is 11.2 Å². The van der Waals surface area contributed by atoms with Crippen molar-refractivity contribution in [3.05, 3.63) is 27.2 Å². The third-order valence-corrected chi connectivity index (χ3v) is 4.19. The van der Waals surface area contributed by atoms with Crippen LogP contribution in [-0.4, -0.2) is 62.8 Å². The molecule has 0 spiro atoms. The fourth-order valence-corrected chi connectivity index (χ4v) is 2.76. The fraction of sp³-hybridized carbons (Fsp3) is 0.600. The minimum atomic E-state index is -0.368. The first-order valence-corrected chi connectivity index (χ1v) is 8.02. The van der Waals surface area contributed by atoms with Crippen LogP contribution >= 0.6 is 12.4 Å². The van der Waals surface area contributed by atoms with Crippen LogP contribution in [0, 0.1) is 0 Å². The van der Waals surface area contributed by atoms with E-state index in [4.69, 9.17) is 4.74 Å². The highest BCUT2D eigenvalue weighted by Crippen LogP contribution is 2.06. The third kappa shape index (κ3) is 3.93. The fourth-order valence-electron chi connectivity index (χ4n) is 2.76. The molecule has 9 nitrogen and oxygen atoms in total. The molecule has 0 saturated carbocycles. The Balaban J connectivity index is 0.00000225. The molecule has 0 amide bonds. The van der Waals surface area contributed by atoms with E-state index in [-0.39, 0.29) is 23.7 Å². The van der Waals surface area contributed by atoms with Gasteiger partial charge in [0.15, 0.2) is 11.2 Å². The second kappa shape index (κ2) is 8.30. The van der Waals surface area contributed by atoms with Crippen molar-refractivity contribution in [2.45, 2.75) is 13.0 Å². The predicted molar refractivity (Wildman–Crippen MR) is 97.8 cm³/mol. The van der Waals surface area contributed by atoms with E-state index in [1.165, 1.54) is 11.6 Å². The molecule has 1 aliphatic heterocycles. The summed E-state index contributed by atoms with van der Waals surface area (Å²) in [5, 5.41) is 0. The molecular formula is C15H23ClN6O3. The molecule has 0 N–H and O–H groups in total. The molecule has 2 aromatic heterocycles. The number of aromatic nitrogens is 4. The normalized spacial score (nSPS) is 15.0. The zero-order valence-corrected chi connectivity index (χ0v) is 15.2. The van der Waals surface area contributed by atoms with Gasteiger partial charge in [0, 0.05) is 40.3 Å². The maximum atomic E-state index is 12.3. The number of morpholine rings is 1. The summed E-state index contributed by atoms with van der Waals surface area (Å²) in [6.07, 6.45) is 4.27. The van der Waals surface area contributed by atoms with Gasteiger partial charge >= 0.3 is 5.69 Å². The van der Waals surface area contributed by atoms with Gasteiger partial charge in [-0.2, -0.15) is 0 Å². The van der Waals surface area contributed by atoms with E-state index in [1.807, 2.05) is 6.34 Å². The molecule has 0 atom stereocenters. The lowest BCUT2D eigenvalue weighted by Crippen LogP contribution is -2.37. The summed E-state index contributed by atoms with van der Waals surface area (Å²) in [7, 11) is 3.10. The molecular weight excluding hydrogens is 348 g/mol. The van der Waals surface area contributed by atoms with Crippen molar-refractivity contribution >= 4 is 29.9 Å². The topological polar surface area (TPSA) is 86.7 Å². The maximum absolute atomic E-state index is 12.3. The van der Waals surface area contributed by atoms with Gasteiger partial charge in [-0.1, -0.05) is 0 Å². The average molecular weight is 371 g/mol. The molecule has 3 rings (SSSR count). The van der Waals surface area contributed by atoms with Gasteiger partial charge in [-0.3, -0.25) is 18.9 Å². The van der Waals surface area contributed by atoms with Crippen LogP contribution < -0.4 is 11.2 Å². The molecule has 0 aromatic carbocycles. The number of nitrogens with zero attached hydrogens (tertiary/aromatic N) is 6. The van der Waals surface area contributed by atoms with Crippen molar-refractivity contribution in [1.29, 1.82) is 0 Å². The summed E-state index contributed by atoms with van der Waals surface area (Å²) in [6, 6.07) is 0. The Morgan fingerprint density at radius 3 is 2.68 bits per heavy atom. The number of hydrogen-bond acceptors (Lipinski definition) is 5. The van der Waals surface area contributed by atoms with E-state index in [0.29, 0.717) is 24.3 Å². The van der Waals surface area contributed by atoms with E-state index in [0.717, 1.165) is 37.3 Å². The summed E-state index contributed by atoms with van der Waals surface area (Å²) >= 11 is 0. The first-order valence-electron chi connectivity index (χ1n) is 8.02. The van der Waals surface area contributed by atoms with Crippen LogP contribution in [-0.2, 0) is 25.4 Å². The van der Waals surface area contributed by atoms with Crippen molar-refractivity contribution < 1.29 is 4.74 Å². The lowest BCUT2D eigenvalue weighted by molar-refractivity contribution is 0.0700. The smallest absolute Gasteiger partial charge is 0.332 e. The Hall–Kier alpha value is -2.13. The summed E-state index contributed by atoms with van der Waals surface area (Å²) in [5.41, 5.74) is 0.187. The van der Waals surface area contributed by atoms with E-state index in [2.05, 4.69) is 14.9 Å².